The number of aromatic hydroxyl groups is 3. The standard InChI is InChI=1S/C33H22O2.C25H20O.2C3H8.2C2H6/c34-27-15-11-21-17-25(13-9-23(21)19-27)33(26-14-10-24-20-28(35)16-12-22(24)18-26)31-7-3-1-5-29(31)30-6-2-4-8-32(30)33;26-24-18-16-23(17-19-24)25(20-10-4-1-5-11-20,21-12-6-2-7-13-21)22-14-8-3-9-15-22;2*1-3-2;2*1-2/h1-20,34-35H;1-19,26H;2*3H2,1-2H3;2*1-2H3. The van der Waals surface area contributed by atoms with Crippen LogP contribution in [0.2, 0.25) is 0 Å². The summed E-state index contributed by atoms with van der Waals surface area (Å²) in [6.45, 7) is 16.5. The molecule has 0 fully saturated rings. The number of hydrogen-bond donors (Lipinski definition) is 3. The molecule has 0 atom stereocenters. The first-order chi connectivity index (χ1) is 34.8. The Morgan fingerprint density at radius 1 is 0.310 bits per heavy atom. The molecule has 0 bridgehead atoms. The highest BCUT2D eigenvalue weighted by molar-refractivity contribution is 5.92. The maximum Gasteiger partial charge on any atom is 0.116 e. The van der Waals surface area contributed by atoms with Crippen molar-refractivity contribution in [1.29, 1.82) is 0 Å². The van der Waals surface area contributed by atoms with Crippen molar-refractivity contribution in [1.82, 2.24) is 0 Å². The van der Waals surface area contributed by atoms with Gasteiger partial charge in [0.05, 0.1) is 10.8 Å². The number of phenols is 3. The van der Waals surface area contributed by atoms with Gasteiger partial charge in [0.15, 0.2) is 0 Å². The second-order valence-corrected chi connectivity index (χ2v) is 17.1. The smallest absolute Gasteiger partial charge is 0.116 e. The summed E-state index contributed by atoms with van der Waals surface area (Å²) in [5.74, 6) is 0.820. The zero-order valence-corrected chi connectivity index (χ0v) is 42.8. The highest BCUT2D eigenvalue weighted by Gasteiger charge is 2.46. The van der Waals surface area contributed by atoms with Gasteiger partial charge in [0.25, 0.3) is 0 Å². The van der Waals surface area contributed by atoms with E-state index in [1.165, 1.54) is 62.9 Å². The molecule has 0 aromatic heterocycles. The zero-order chi connectivity index (χ0) is 50.8. The third-order valence-electron chi connectivity index (χ3n) is 12.4. The largest absolute Gasteiger partial charge is 0.508 e. The van der Waals surface area contributed by atoms with Gasteiger partial charge in [0.1, 0.15) is 17.2 Å². The van der Waals surface area contributed by atoms with E-state index in [1.807, 2.05) is 82.3 Å². The van der Waals surface area contributed by atoms with E-state index in [-0.39, 0.29) is 17.2 Å². The van der Waals surface area contributed by atoms with Gasteiger partial charge in [-0.05, 0) is 126 Å². The van der Waals surface area contributed by atoms with Crippen LogP contribution < -0.4 is 0 Å². The maximum atomic E-state index is 10.0. The van der Waals surface area contributed by atoms with Gasteiger partial charge >= 0.3 is 0 Å². The fraction of sp³-hybridized carbons (Fsp3) is 0.176. The number of benzene rings is 10. The van der Waals surface area contributed by atoms with Crippen LogP contribution in [0, 0.1) is 0 Å². The van der Waals surface area contributed by atoms with Crippen LogP contribution in [0.5, 0.6) is 17.2 Å². The van der Waals surface area contributed by atoms with Crippen LogP contribution >= 0.6 is 0 Å². The molecular weight excluding hydrogens is 865 g/mol. The molecule has 0 spiro atoms. The van der Waals surface area contributed by atoms with Gasteiger partial charge in [-0.1, -0.05) is 256 Å². The molecule has 0 saturated carbocycles. The molecule has 71 heavy (non-hydrogen) atoms. The molecule has 1 aliphatic rings. The Kier molecular flexibility index (Phi) is 18.6. The normalized spacial score (nSPS) is 11.5. The first-order valence-electron chi connectivity index (χ1n) is 25.4. The molecule has 3 N–H and O–H groups in total. The molecule has 0 amide bonds. The lowest BCUT2D eigenvalue weighted by molar-refractivity contribution is 0.474. The van der Waals surface area contributed by atoms with Crippen molar-refractivity contribution in [3.05, 3.63) is 281 Å². The van der Waals surface area contributed by atoms with Gasteiger partial charge in [-0.2, -0.15) is 0 Å². The summed E-state index contributed by atoms with van der Waals surface area (Å²) in [6, 6.07) is 80.8. The van der Waals surface area contributed by atoms with E-state index in [9.17, 15) is 15.3 Å². The number of rotatable bonds is 6. The quantitative estimate of drug-likeness (QED) is 0.146. The van der Waals surface area contributed by atoms with Crippen LogP contribution in [0.3, 0.4) is 0 Å². The van der Waals surface area contributed by atoms with Gasteiger partial charge in [-0.3, -0.25) is 0 Å². The molecule has 0 aliphatic heterocycles. The van der Waals surface area contributed by atoms with Crippen molar-refractivity contribution < 1.29 is 15.3 Å². The van der Waals surface area contributed by atoms with E-state index >= 15 is 0 Å². The number of fused-ring (bicyclic) bond motifs is 5. The van der Waals surface area contributed by atoms with Crippen molar-refractivity contribution in [2.75, 3.05) is 0 Å². The van der Waals surface area contributed by atoms with Gasteiger partial charge in [0, 0.05) is 0 Å². The maximum absolute atomic E-state index is 10.0. The fourth-order valence-electron chi connectivity index (χ4n) is 9.73. The van der Waals surface area contributed by atoms with Gasteiger partial charge < -0.3 is 15.3 Å². The van der Waals surface area contributed by atoms with Crippen LogP contribution in [0.15, 0.2) is 237 Å². The molecule has 0 saturated heterocycles. The van der Waals surface area contributed by atoms with Crippen LogP contribution in [0.4, 0.5) is 0 Å². The highest BCUT2D eigenvalue weighted by Crippen LogP contribution is 2.56. The Labute approximate surface area is 423 Å². The van der Waals surface area contributed by atoms with E-state index in [1.54, 1.807) is 24.3 Å². The lowest BCUT2D eigenvalue weighted by atomic mass is 9.65. The van der Waals surface area contributed by atoms with Crippen molar-refractivity contribution in [2.45, 2.75) is 79.1 Å². The first kappa shape index (κ1) is 52.5. The molecule has 0 unspecified atom stereocenters. The van der Waals surface area contributed by atoms with E-state index in [2.05, 4.69) is 185 Å². The molecule has 3 nitrogen and oxygen atoms in total. The molecule has 1 aliphatic carbocycles. The van der Waals surface area contributed by atoms with Crippen molar-refractivity contribution in [3.63, 3.8) is 0 Å². The fourth-order valence-corrected chi connectivity index (χ4v) is 9.73. The van der Waals surface area contributed by atoms with Crippen molar-refractivity contribution >= 4 is 21.5 Å². The highest BCUT2D eigenvalue weighted by atomic mass is 16.3. The first-order valence-corrected chi connectivity index (χ1v) is 25.4. The van der Waals surface area contributed by atoms with Crippen LogP contribution in [0.25, 0.3) is 32.7 Å². The summed E-state index contributed by atoms with van der Waals surface area (Å²) in [4.78, 5) is 0. The minimum atomic E-state index is -0.495. The summed E-state index contributed by atoms with van der Waals surface area (Å²) in [6.07, 6.45) is 2.50. The monoisotopic (exact) mass is 935 g/mol. The third kappa shape index (κ3) is 10.8. The molecule has 11 rings (SSSR count). The molecule has 10 aromatic carbocycles. The number of hydrogen-bond acceptors (Lipinski definition) is 3. The Bertz CT molecular complexity index is 2960. The van der Waals surface area contributed by atoms with Crippen LogP contribution in [0.1, 0.15) is 113 Å². The molecule has 0 heterocycles. The molecule has 10 aromatic rings. The van der Waals surface area contributed by atoms with Gasteiger partial charge in [0.2, 0.25) is 0 Å². The molecular formula is C68H70O3. The van der Waals surface area contributed by atoms with Crippen molar-refractivity contribution in [3.8, 4) is 28.4 Å². The van der Waals surface area contributed by atoms with Gasteiger partial charge in [-0.25, -0.2) is 0 Å². The van der Waals surface area contributed by atoms with Crippen LogP contribution in [-0.2, 0) is 10.8 Å². The topological polar surface area (TPSA) is 60.7 Å². The van der Waals surface area contributed by atoms with Crippen molar-refractivity contribution in [2.24, 2.45) is 0 Å². The average Bonchev–Trinajstić information content (AvgIpc) is 3.73. The Hall–Kier alpha value is -7.88. The third-order valence-corrected chi connectivity index (χ3v) is 12.4. The molecule has 3 heteroatoms. The summed E-state index contributed by atoms with van der Waals surface area (Å²) in [5.41, 5.74) is 11.2. The average molecular weight is 935 g/mol. The van der Waals surface area contributed by atoms with E-state index < -0.39 is 10.8 Å². The lowest BCUT2D eigenvalue weighted by Gasteiger charge is -2.36. The second-order valence-electron chi connectivity index (χ2n) is 17.1. The predicted molar refractivity (Wildman–Crippen MR) is 303 cm³/mol. The minimum Gasteiger partial charge on any atom is -0.508 e. The Morgan fingerprint density at radius 2 is 0.592 bits per heavy atom. The van der Waals surface area contributed by atoms with E-state index in [0.717, 1.165) is 27.1 Å². The minimum absolute atomic E-state index is 0.273. The summed E-state index contributed by atoms with van der Waals surface area (Å²) >= 11 is 0. The Balaban J connectivity index is 0.000000203. The summed E-state index contributed by atoms with van der Waals surface area (Å²) in [5, 5.41) is 34.0. The summed E-state index contributed by atoms with van der Waals surface area (Å²) < 4.78 is 0. The molecule has 360 valence electrons. The summed E-state index contributed by atoms with van der Waals surface area (Å²) in [7, 11) is 0. The van der Waals surface area contributed by atoms with E-state index in [0.29, 0.717) is 0 Å². The predicted octanol–water partition coefficient (Wildman–Crippen LogP) is 18.4. The lowest BCUT2D eigenvalue weighted by Crippen LogP contribution is -2.30. The molecule has 0 radical (unpaired) electrons. The SMILES string of the molecule is CC.CC.CCC.CCC.Oc1ccc(C(c2ccccc2)(c2ccccc2)c2ccccc2)cc1.Oc1ccc2cc(C3(c4ccc5cc(O)ccc5c4)c4ccccc4-c4ccccc43)ccc2c1. The second kappa shape index (κ2) is 25.1. The zero-order valence-electron chi connectivity index (χ0n) is 42.8. The number of phenolic OH excluding ortho intramolecular Hbond substituents is 3. The van der Waals surface area contributed by atoms with Crippen LogP contribution in [-0.4, -0.2) is 15.3 Å². The Morgan fingerprint density at radius 3 is 0.958 bits per heavy atom. The van der Waals surface area contributed by atoms with Gasteiger partial charge in [-0.15, -0.1) is 0 Å². The van der Waals surface area contributed by atoms with E-state index in [4.69, 9.17) is 0 Å².